The zero-order chi connectivity index (χ0) is 16.0. The Morgan fingerprint density at radius 3 is 2.29 bits per heavy atom. The second-order valence-corrected chi connectivity index (χ2v) is 5.26. The highest BCUT2D eigenvalue weighted by Crippen LogP contribution is 2.21. The van der Waals surface area contributed by atoms with E-state index < -0.39 is 6.61 Å². The van der Waals surface area contributed by atoms with Gasteiger partial charge in [0.1, 0.15) is 12.4 Å². The monoisotopic (exact) mass is 293 g/mol. The lowest BCUT2D eigenvalue weighted by atomic mass is 10.1. The summed E-state index contributed by atoms with van der Waals surface area (Å²) < 4.78 is 0. The van der Waals surface area contributed by atoms with E-state index in [1.807, 2.05) is 52.9 Å². The van der Waals surface area contributed by atoms with Gasteiger partial charge < -0.3 is 14.9 Å². The van der Waals surface area contributed by atoms with Crippen molar-refractivity contribution >= 4 is 11.7 Å². The Hall–Kier alpha value is -1.62. The summed E-state index contributed by atoms with van der Waals surface area (Å²) in [5, 5.41) is 9.02. The summed E-state index contributed by atoms with van der Waals surface area (Å²) in [4.78, 5) is 20.1. The Morgan fingerprint density at radius 1 is 1.29 bits per heavy atom. The van der Waals surface area contributed by atoms with Crippen LogP contribution in [0.2, 0.25) is 0 Å². The van der Waals surface area contributed by atoms with Crippen molar-refractivity contribution in [1.29, 1.82) is 0 Å². The van der Waals surface area contributed by atoms with Crippen LogP contribution in [0.3, 0.4) is 0 Å². The van der Waals surface area contributed by atoms with E-state index in [0.29, 0.717) is 0 Å². The number of aliphatic hydroxyl groups excluding tert-OH is 1. The second-order valence-electron chi connectivity index (χ2n) is 5.26. The maximum atomic E-state index is 11.7. The number of amides is 1. The molecular formula is C16H27N3O2. The molecule has 1 amide bonds. The first-order chi connectivity index (χ1) is 10.0. The van der Waals surface area contributed by atoms with Crippen LogP contribution in [0.4, 0.5) is 5.82 Å². The fraction of sp³-hybridized carbons (Fsp3) is 0.625. The molecule has 0 unspecified atom stereocenters. The second kappa shape index (κ2) is 7.98. The number of aliphatic hydroxyl groups is 1. The van der Waals surface area contributed by atoms with E-state index in [-0.39, 0.29) is 18.0 Å². The first kappa shape index (κ1) is 17.4. The molecule has 0 saturated carbocycles. The van der Waals surface area contributed by atoms with Gasteiger partial charge in [-0.25, -0.2) is 4.98 Å². The van der Waals surface area contributed by atoms with Gasteiger partial charge in [0.2, 0.25) is 5.91 Å². The number of nitrogens with zero attached hydrogens (tertiary/aromatic N) is 3. The van der Waals surface area contributed by atoms with Gasteiger partial charge in [-0.2, -0.15) is 0 Å². The molecule has 1 fully saturated rings. The summed E-state index contributed by atoms with van der Waals surface area (Å²) >= 11 is 0. The van der Waals surface area contributed by atoms with Gasteiger partial charge in [0.15, 0.2) is 0 Å². The third-order valence-corrected chi connectivity index (χ3v) is 3.56. The van der Waals surface area contributed by atoms with Gasteiger partial charge in [0.05, 0.1) is 0 Å². The first-order valence-electron chi connectivity index (χ1n) is 7.62. The van der Waals surface area contributed by atoms with E-state index in [1.165, 1.54) is 0 Å². The van der Waals surface area contributed by atoms with Gasteiger partial charge in [0, 0.05) is 31.4 Å². The molecule has 0 aromatic carbocycles. The van der Waals surface area contributed by atoms with Gasteiger partial charge in [0.25, 0.3) is 0 Å². The van der Waals surface area contributed by atoms with Crippen LogP contribution in [-0.2, 0) is 4.79 Å². The molecule has 2 heterocycles. The van der Waals surface area contributed by atoms with E-state index in [1.54, 1.807) is 4.90 Å². The van der Waals surface area contributed by atoms with E-state index in [4.69, 9.17) is 5.11 Å². The first-order valence-corrected chi connectivity index (χ1v) is 7.62. The van der Waals surface area contributed by atoms with Crippen LogP contribution in [0.1, 0.15) is 33.3 Å². The number of carbonyl (C=O) groups is 1. The van der Waals surface area contributed by atoms with E-state index in [9.17, 15) is 4.79 Å². The van der Waals surface area contributed by atoms with Gasteiger partial charge >= 0.3 is 0 Å². The fourth-order valence-electron chi connectivity index (χ4n) is 2.73. The number of hydrogen-bond acceptors (Lipinski definition) is 4. The summed E-state index contributed by atoms with van der Waals surface area (Å²) in [6, 6.07) is 4.21. The zero-order valence-electron chi connectivity index (χ0n) is 13.7. The van der Waals surface area contributed by atoms with Crippen LogP contribution in [0.5, 0.6) is 0 Å². The molecular weight excluding hydrogens is 266 g/mol. The molecule has 0 spiro atoms. The maximum absolute atomic E-state index is 11.7. The topological polar surface area (TPSA) is 56.7 Å². The van der Waals surface area contributed by atoms with Crippen LogP contribution in [0, 0.1) is 6.92 Å². The van der Waals surface area contributed by atoms with Gasteiger partial charge in [-0.15, -0.1) is 0 Å². The Morgan fingerprint density at radius 2 is 1.86 bits per heavy atom. The molecule has 0 aliphatic carbocycles. The lowest BCUT2D eigenvalue weighted by molar-refractivity contribution is -0.139. The predicted molar refractivity (Wildman–Crippen MR) is 85.4 cm³/mol. The van der Waals surface area contributed by atoms with Crippen molar-refractivity contribution < 1.29 is 9.90 Å². The Labute approximate surface area is 127 Å². The van der Waals surface area contributed by atoms with E-state index in [2.05, 4.69) is 9.88 Å². The number of pyridine rings is 1. The number of aryl methyl sites for hydroxylation is 1. The lowest BCUT2D eigenvalue weighted by Gasteiger charge is -2.44. The molecule has 1 aromatic heterocycles. The highest BCUT2D eigenvalue weighted by molar-refractivity contribution is 5.78. The van der Waals surface area contributed by atoms with Gasteiger partial charge in [-0.05, 0) is 32.4 Å². The normalized spacial score (nSPS) is 21.6. The highest BCUT2D eigenvalue weighted by atomic mass is 16.3. The molecule has 1 saturated heterocycles. The fourth-order valence-corrected chi connectivity index (χ4v) is 2.73. The van der Waals surface area contributed by atoms with Crippen LogP contribution >= 0.6 is 0 Å². The third-order valence-electron chi connectivity index (χ3n) is 3.56. The van der Waals surface area contributed by atoms with Gasteiger partial charge in [-0.3, -0.25) is 4.79 Å². The molecule has 1 aromatic rings. The molecule has 2 atom stereocenters. The van der Waals surface area contributed by atoms with E-state index in [0.717, 1.165) is 24.5 Å². The Balaban J connectivity index is 0.00000106. The number of hydrogen-bond donors (Lipinski definition) is 1. The minimum Gasteiger partial charge on any atom is -0.387 e. The van der Waals surface area contributed by atoms with Crippen molar-refractivity contribution in [3.05, 3.63) is 23.9 Å². The minimum absolute atomic E-state index is 0.0755. The van der Waals surface area contributed by atoms with Crippen molar-refractivity contribution in [1.82, 2.24) is 9.88 Å². The Bertz CT molecular complexity index is 435. The third kappa shape index (κ3) is 4.17. The van der Waals surface area contributed by atoms with E-state index >= 15 is 0 Å². The molecule has 5 heteroatoms. The number of carbonyl (C=O) groups excluding carboxylic acids is 1. The maximum Gasteiger partial charge on any atom is 0.248 e. The highest BCUT2D eigenvalue weighted by Gasteiger charge is 2.32. The quantitative estimate of drug-likeness (QED) is 0.904. The van der Waals surface area contributed by atoms with Crippen molar-refractivity contribution in [3.8, 4) is 0 Å². The van der Waals surface area contributed by atoms with Crippen molar-refractivity contribution in [2.24, 2.45) is 0 Å². The molecule has 5 nitrogen and oxygen atoms in total. The number of piperazine rings is 1. The number of anilines is 1. The summed E-state index contributed by atoms with van der Waals surface area (Å²) in [6.45, 7) is 11.1. The molecule has 1 N–H and O–H groups in total. The average molecular weight is 293 g/mol. The molecule has 0 bridgehead atoms. The van der Waals surface area contributed by atoms with Gasteiger partial charge in [-0.1, -0.05) is 19.9 Å². The van der Waals surface area contributed by atoms with Crippen LogP contribution < -0.4 is 4.90 Å². The SMILES string of the molecule is CC.Cc1ccc(N2C[C@@H](C)N(C(=O)CO)[C@@H](C)C2)nc1. The Kier molecular flexibility index (Phi) is 6.62. The summed E-state index contributed by atoms with van der Waals surface area (Å²) in [6.07, 6.45) is 1.86. The number of aromatic nitrogens is 1. The van der Waals surface area contributed by atoms with Crippen molar-refractivity contribution in [2.45, 2.75) is 46.7 Å². The standard InChI is InChI=1S/C14H21N3O2.C2H6/c1-10-4-5-13(15-6-10)16-7-11(2)17(12(3)8-16)14(19)9-18;1-2/h4-6,11-12,18H,7-9H2,1-3H3;1-2H3/t11-,12+;. The lowest BCUT2D eigenvalue weighted by Crippen LogP contribution is -2.59. The van der Waals surface area contributed by atoms with Crippen LogP contribution in [0.15, 0.2) is 18.3 Å². The molecule has 1 aliphatic heterocycles. The molecule has 21 heavy (non-hydrogen) atoms. The zero-order valence-corrected chi connectivity index (χ0v) is 13.7. The summed E-state index contributed by atoms with van der Waals surface area (Å²) in [5.74, 6) is 0.747. The predicted octanol–water partition coefficient (Wildman–Crippen LogP) is 1.83. The molecule has 2 rings (SSSR count). The largest absolute Gasteiger partial charge is 0.387 e. The molecule has 1 aliphatic rings. The summed E-state index contributed by atoms with van der Waals surface area (Å²) in [7, 11) is 0. The molecule has 0 radical (unpaired) electrons. The van der Waals surface area contributed by atoms with Crippen LogP contribution in [-0.4, -0.2) is 52.7 Å². The molecule has 118 valence electrons. The summed E-state index contributed by atoms with van der Waals surface area (Å²) in [5.41, 5.74) is 1.14. The smallest absolute Gasteiger partial charge is 0.248 e. The average Bonchev–Trinajstić information content (AvgIpc) is 2.49. The van der Waals surface area contributed by atoms with Crippen molar-refractivity contribution in [2.75, 3.05) is 24.6 Å². The van der Waals surface area contributed by atoms with Crippen molar-refractivity contribution in [3.63, 3.8) is 0 Å². The van der Waals surface area contributed by atoms with Crippen LogP contribution in [0.25, 0.3) is 0 Å². The number of rotatable bonds is 2. The minimum atomic E-state index is -0.419.